The molecule has 0 amide bonds. The number of benzene rings is 1. The molecule has 1 aliphatic rings. The Bertz CT molecular complexity index is 378. The number of fused-ring (bicyclic) bond motifs is 1. The highest BCUT2D eigenvalue weighted by atomic mass is 19.4. The van der Waals surface area contributed by atoms with Gasteiger partial charge in [-0.15, -0.1) is 0 Å². The van der Waals surface area contributed by atoms with Crippen molar-refractivity contribution in [2.45, 2.75) is 31.5 Å². The van der Waals surface area contributed by atoms with Crippen LogP contribution in [0, 0.1) is 0 Å². The van der Waals surface area contributed by atoms with Crippen LogP contribution >= 0.6 is 0 Å². The maximum Gasteiger partial charge on any atom is 0.413 e. The van der Waals surface area contributed by atoms with Crippen LogP contribution in [0.4, 0.5) is 13.2 Å². The van der Waals surface area contributed by atoms with Crippen molar-refractivity contribution in [2.75, 3.05) is 6.61 Å². The fourth-order valence-corrected chi connectivity index (χ4v) is 2.04. The third kappa shape index (κ3) is 3.71. The molecule has 17 heavy (non-hydrogen) atoms. The molecule has 1 aliphatic carbocycles. The van der Waals surface area contributed by atoms with Gasteiger partial charge in [0.25, 0.3) is 0 Å². The molecule has 5 heteroatoms. The lowest BCUT2D eigenvalue weighted by Crippen LogP contribution is -2.37. The van der Waals surface area contributed by atoms with Gasteiger partial charge in [0.15, 0.2) is 6.61 Å². The summed E-state index contributed by atoms with van der Waals surface area (Å²) >= 11 is 0. The lowest BCUT2D eigenvalue weighted by Gasteiger charge is -2.25. The molecule has 0 heterocycles. The standard InChI is InChI=1S/C12H14F3NO/c13-12(14,15)8-17-16-11-6-5-9-3-1-2-4-10(9)7-11/h1-4,11,16H,5-8H2. The predicted molar refractivity (Wildman–Crippen MR) is 57.4 cm³/mol. The zero-order chi connectivity index (χ0) is 12.3. The first-order valence-electron chi connectivity index (χ1n) is 5.55. The highest BCUT2D eigenvalue weighted by Crippen LogP contribution is 2.21. The molecule has 0 bridgehead atoms. The average molecular weight is 245 g/mol. The summed E-state index contributed by atoms with van der Waals surface area (Å²) in [6, 6.07) is 7.95. The molecule has 0 saturated heterocycles. The normalized spacial score (nSPS) is 20.1. The van der Waals surface area contributed by atoms with Crippen LogP contribution in [0.3, 0.4) is 0 Å². The van der Waals surface area contributed by atoms with Gasteiger partial charge in [0.2, 0.25) is 0 Å². The van der Waals surface area contributed by atoms with E-state index in [1.807, 2.05) is 18.2 Å². The van der Waals surface area contributed by atoms with Crippen molar-refractivity contribution in [2.24, 2.45) is 0 Å². The van der Waals surface area contributed by atoms with E-state index in [0.717, 1.165) is 12.8 Å². The Morgan fingerprint density at radius 3 is 2.65 bits per heavy atom. The molecular formula is C12H14F3NO. The van der Waals surface area contributed by atoms with Crippen LogP contribution in [0.25, 0.3) is 0 Å². The summed E-state index contributed by atoms with van der Waals surface area (Å²) in [5, 5.41) is 0. The molecule has 0 aliphatic heterocycles. The van der Waals surface area contributed by atoms with E-state index in [9.17, 15) is 13.2 Å². The van der Waals surface area contributed by atoms with Crippen LogP contribution in [0.15, 0.2) is 24.3 Å². The fraction of sp³-hybridized carbons (Fsp3) is 0.500. The number of rotatable bonds is 3. The second kappa shape index (κ2) is 5.06. The zero-order valence-corrected chi connectivity index (χ0v) is 9.26. The molecule has 1 N–H and O–H groups in total. The van der Waals surface area contributed by atoms with Crippen LogP contribution in [-0.4, -0.2) is 18.8 Å². The van der Waals surface area contributed by atoms with E-state index in [1.165, 1.54) is 11.1 Å². The maximum atomic E-state index is 11.9. The van der Waals surface area contributed by atoms with Gasteiger partial charge >= 0.3 is 6.18 Å². The van der Waals surface area contributed by atoms with Gasteiger partial charge < -0.3 is 0 Å². The molecule has 0 fully saturated rings. The smallest absolute Gasteiger partial charge is 0.292 e. The molecule has 1 unspecified atom stereocenters. The lowest BCUT2D eigenvalue weighted by atomic mass is 9.89. The van der Waals surface area contributed by atoms with Gasteiger partial charge in [-0.3, -0.25) is 4.84 Å². The molecule has 94 valence electrons. The summed E-state index contributed by atoms with van der Waals surface area (Å²) < 4.78 is 35.7. The molecule has 1 atom stereocenters. The van der Waals surface area contributed by atoms with Gasteiger partial charge in [-0.1, -0.05) is 24.3 Å². The monoisotopic (exact) mass is 245 g/mol. The fourth-order valence-electron chi connectivity index (χ4n) is 2.04. The minimum Gasteiger partial charge on any atom is -0.292 e. The highest BCUT2D eigenvalue weighted by Gasteiger charge is 2.28. The summed E-state index contributed by atoms with van der Waals surface area (Å²) in [6.07, 6.45) is -1.88. The maximum absolute atomic E-state index is 11.9. The molecule has 1 aromatic carbocycles. The van der Waals surface area contributed by atoms with E-state index in [0.29, 0.717) is 6.42 Å². The van der Waals surface area contributed by atoms with E-state index < -0.39 is 12.8 Å². The first-order valence-corrected chi connectivity index (χ1v) is 5.55. The van der Waals surface area contributed by atoms with Crippen LogP contribution in [-0.2, 0) is 17.7 Å². The van der Waals surface area contributed by atoms with E-state index in [1.54, 1.807) is 0 Å². The molecular weight excluding hydrogens is 231 g/mol. The third-order valence-corrected chi connectivity index (χ3v) is 2.83. The molecule has 2 rings (SSSR count). The molecule has 0 radical (unpaired) electrons. The van der Waals surface area contributed by atoms with Crippen molar-refractivity contribution in [3.63, 3.8) is 0 Å². The Hall–Kier alpha value is -1.07. The Labute approximate surface area is 97.7 Å². The van der Waals surface area contributed by atoms with Crippen LogP contribution in [0.1, 0.15) is 17.5 Å². The Balaban J connectivity index is 1.82. The number of halogens is 3. The van der Waals surface area contributed by atoms with Gasteiger partial charge in [-0.05, 0) is 30.4 Å². The second-order valence-corrected chi connectivity index (χ2v) is 4.23. The highest BCUT2D eigenvalue weighted by molar-refractivity contribution is 5.30. The van der Waals surface area contributed by atoms with Crippen molar-refractivity contribution < 1.29 is 18.0 Å². The van der Waals surface area contributed by atoms with Crippen molar-refractivity contribution >= 4 is 0 Å². The number of hydrogen-bond acceptors (Lipinski definition) is 2. The number of hydrogen-bond donors (Lipinski definition) is 1. The van der Waals surface area contributed by atoms with Gasteiger partial charge in [-0.2, -0.15) is 18.7 Å². The van der Waals surface area contributed by atoms with E-state index in [2.05, 4.69) is 16.4 Å². The Morgan fingerprint density at radius 2 is 1.94 bits per heavy atom. The number of aryl methyl sites for hydroxylation is 1. The minimum atomic E-state index is -4.28. The molecule has 0 spiro atoms. The molecule has 1 aromatic rings. The SMILES string of the molecule is FC(F)(F)CONC1CCc2ccccc2C1. The minimum absolute atomic E-state index is 0.0350. The first kappa shape index (κ1) is 12.4. The second-order valence-electron chi connectivity index (χ2n) is 4.23. The van der Waals surface area contributed by atoms with E-state index >= 15 is 0 Å². The molecule has 0 saturated carbocycles. The largest absolute Gasteiger partial charge is 0.413 e. The third-order valence-electron chi connectivity index (χ3n) is 2.83. The van der Waals surface area contributed by atoms with E-state index in [4.69, 9.17) is 0 Å². The summed E-state index contributed by atoms with van der Waals surface area (Å²) in [7, 11) is 0. The predicted octanol–water partition coefficient (Wildman–Crippen LogP) is 2.63. The van der Waals surface area contributed by atoms with Gasteiger partial charge in [0.1, 0.15) is 0 Å². The van der Waals surface area contributed by atoms with Crippen molar-refractivity contribution in [1.82, 2.24) is 5.48 Å². The van der Waals surface area contributed by atoms with Gasteiger partial charge in [0, 0.05) is 6.04 Å². The Morgan fingerprint density at radius 1 is 1.24 bits per heavy atom. The van der Waals surface area contributed by atoms with Gasteiger partial charge in [0.05, 0.1) is 0 Å². The lowest BCUT2D eigenvalue weighted by molar-refractivity contribution is -0.193. The average Bonchev–Trinajstić information content (AvgIpc) is 2.27. The van der Waals surface area contributed by atoms with Gasteiger partial charge in [-0.25, -0.2) is 0 Å². The summed E-state index contributed by atoms with van der Waals surface area (Å²) in [4.78, 5) is 4.48. The van der Waals surface area contributed by atoms with Crippen LogP contribution < -0.4 is 5.48 Å². The van der Waals surface area contributed by atoms with Crippen molar-refractivity contribution in [3.8, 4) is 0 Å². The quantitative estimate of drug-likeness (QED) is 0.826. The van der Waals surface area contributed by atoms with E-state index in [-0.39, 0.29) is 6.04 Å². The first-order chi connectivity index (χ1) is 8.04. The van der Waals surface area contributed by atoms with Crippen molar-refractivity contribution in [1.29, 1.82) is 0 Å². The molecule has 2 nitrogen and oxygen atoms in total. The van der Waals surface area contributed by atoms with Crippen LogP contribution in [0.2, 0.25) is 0 Å². The Kier molecular flexibility index (Phi) is 3.69. The number of alkyl halides is 3. The van der Waals surface area contributed by atoms with Crippen LogP contribution in [0.5, 0.6) is 0 Å². The topological polar surface area (TPSA) is 21.3 Å². The number of nitrogens with one attached hydrogen (secondary N) is 1. The summed E-state index contributed by atoms with van der Waals surface area (Å²) in [5.74, 6) is 0. The van der Waals surface area contributed by atoms with Crippen molar-refractivity contribution in [3.05, 3.63) is 35.4 Å². The summed E-state index contributed by atoms with van der Waals surface area (Å²) in [5.41, 5.74) is 4.96. The summed E-state index contributed by atoms with van der Waals surface area (Å²) in [6.45, 7) is -1.24. The number of hydroxylamine groups is 1. The zero-order valence-electron chi connectivity index (χ0n) is 9.26. The molecule has 0 aromatic heterocycles.